The lowest BCUT2D eigenvalue weighted by Gasteiger charge is -2.05. The van der Waals surface area contributed by atoms with Crippen LogP contribution in [0.5, 0.6) is 5.75 Å². The fourth-order valence-electron chi connectivity index (χ4n) is 4.83. The Hall–Kier alpha value is -3.16. The van der Waals surface area contributed by atoms with Gasteiger partial charge in [0.25, 0.3) is 0 Å². The summed E-state index contributed by atoms with van der Waals surface area (Å²) in [6, 6.07) is 15.6. The van der Waals surface area contributed by atoms with Gasteiger partial charge in [-0.05, 0) is 66.1 Å². The second-order valence-electron chi connectivity index (χ2n) is 10.6. The Bertz CT molecular complexity index is 1090. The summed E-state index contributed by atoms with van der Waals surface area (Å²) in [6.45, 7) is 2.28. The van der Waals surface area contributed by atoms with Crippen molar-refractivity contribution in [1.29, 1.82) is 0 Å². The molecular weight excluding hydrogens is 478 g/mol. The number of allylic oxidation sites excluding steroid dienone is 3. The van der Waals surface area contributed by atoms with Crippen molar-refractivity contribution in [2.24, 2.45) is 4.99 Å². The number of aliphatic imine (C=N–C) groups is 1. The van der Waals surface area contributed by atoms with E-state index >= 15 is 0 Å². The number of unbranched alkanes of at least 4 members (excludes halogenated alkanes) is 14. The van der Waals surface area contributed by atoms with E-state index < -0.39 is 0 Å². The van der Waals surface area contributed by atoms with Gasteiger partial charge in [-0.25, -0.2) is 0 Å². The van der Waals surface area contributed by atoms with Crippen molar-refractivity contribution in [3.63, 3.8) is 0 Å². The molecule has 0 aromatic heterocycles. The van der Waals surface area contributed by atoms with E-state index in [1.165, 1.54) is 83.5 Å². The van der Waals surface area contributed by atoms with Crippen molar-refractivity contribution in [3.05, 3.63) is 83.6 Å². The monoisotopic (exact) mass is 525 g/mol. The van der Waals surface area contributed by atoms with Crippen LogP contribution in [0.25, 0.3) is 5.57 Å². The molecule has 3 nitrogen and oxygen atoms in total. The highest BCUT2D eigenvalue weighted by atomic mass is 16.5. The van der Waals surface area contributed by atoms with Gasteiger partial charge in [-0.1, -0.05) is 115 Å². The number of carbonyl (C=O) groups is 1. The maximum Gasteiger partial charge on any atom is 0.311 e. The second-order valence-corrected chi connectivity index (χ2v) is 10.6. The Morgan fingerprint density at radius 2 is 1.31 bits per heavy atom. The molecule has 0 fully saturated rings. The summed E-state index contributed by atoms with van der Waals surface area (Å²) in [6.07, 6.45) is 28.1. The number of esters is 1. The summed E-state index contributed by atoms with van der Waals surface area (Å²) >= 11 is 0. The molecule has 208 valence electrons. The summed E-state index contributed by atoms with van der Waals surface area (Å²) in [4.78, 5) is 16.8. The van der Waals surface area contributed by atoms with Crippen LogP contribution in [0, 0.1) is 0 Å². The Balaban J connectivity index is 1.19. The smallest absolute Gasteiger partial charge is 0.311 e. The molecular formula is C36H47NO2. The van der Waals surface area contributed by atoms with Crippen LogP contribution in [0.1, 0.15) is 121 Å². The van der Waals surface area contributed by atoms with E-state index in [0.29, 0.717) is 12.2 Å². The van der Waals surface area contributed by atoms with Crippen LogP contribution in [0.2, 0.25) is 0 Å². The van der Waals surface area contributed by atoms with Crippen molar-refractivity contribution >= 4 is 23.4 Å². The molecule has 0 atom stereocenters. The minimum absolute atomic E-state index is 0.145. The van der Waals surface area contributed by atoms with Crippen molar-refractivity contribution < 1.29 is 9.53 Å². The van der Waals surface area contributed by atoms with Crippen LogP contribution in [0.4, 0.5) is 5.69 Å². The van der Waals surface area contributed by atoms with Crippen LogP contribution < -0.4 is 4.74 Å². The Morgan fingerprint density at radius 3 is 1.85 bits per heavy atom. The Morgan fingerprint density at radius 1 is 0.744 bits per heavy atom. The molecule has 0 amide bonds. The summed E-state index contributed by atoms with van der Waals surface area (Å²) in [5.41, 5.74) is 7.29. The lowest BCUT2D eigenvalue weighted by Crippen LogP contribution is -2.07. The maximum absolute atomic E-state index is 12.2. The number of ether oxygens (including phenoxy) is 1. The van der Waals surface area contributed by atoms with E-state index in [0.717, 1.165) is 35.2 Å². The average molecular weight is 526 g/mol. The average Bonchev–Trinajstić information content (AvgIpc) is 3.50. The predicted molar refractivity (Wildman–Crippen MR) is 166 cm³/mol. The minimum atomic E-state index is -0.145. The van der Waals surface area contributed by atoms with E-state index in [9.17, 15) is 4.79 Å². The third-order valence-electron chi connectivity index (χ3n) is 7.24. The normalized spacial score (nSPS) is 12.4. The maximum atomic E-state index is 12.2. The molecule has 0 N–H and O–H groups in total. The van der Waals surface area contributed by atoms with Crippen molar-refractivity contribution in [2.45, 2.75) is 110 Å². The molecule has 3 rings (SSSR count). The highest BCUT2D eigenvalue weighted by molar-refractivity contribution is 5.83. The molecule has 2 aromatic rings. The number of rotatable bonds is 20. The standard InChI is InChI=1S/C36H47NO2/c1-2-3-4-5-6-7-8-9-10-11-12-13-14-15-16-21-36(38)39-35-28-22-31(23-29-35)30-37-34-26-24-33(25-27-34)32-19-17-18-20-32/h17-19,22-30H,2-16,21H2,1H3. The Kier molecular flexibility index (Phi) is 14.8. The van der Waals surface area contributed by atoms with Crippen molar-refractivity contribution in [3.8, 4) is 5.75 Å². The van der Waals surface area contributed by atoms with Crippen molar-refractivity contribution in [2.75, 3.05) is 0 Å². The van der Waals surface area contributed by atoms with Crippen LogP contribution in [0.15, 0.2) is 77.5 Å². The third-order valence-corrected chi connectivity index (χ3v) is 7.24. The summed E-state index contributed by atoms with van der Waals surface area (Å²) in [5, 5.41) is 0. The molecule has 0 saturated carbocycles. The SMILES string of the molecule is CCCCCCCCCCCCCCCCCC(=O)Oc1ccc(C=Nc2ccc(C3=C=CC=C3)cc2)cc1. The van der Waals surface area contributed by atoms with Gasteiger partial charge in [0.05, 0.1) is 5.69 Å². The molecule has 0 heterocycles. The lowest BCUT2D eigenvalue weighted by atomic mass is 10.0. The second kappa shape index (κ2) is 19.0. The molecule has 0 bridgehead atoms. The predicted octanol–water partition coefficient (Wildman–Crippen LogP) is 10.7. The molecule has 3 heteroatoms. The molecule has 0 radical (unpaired) electrons. The summed E-state index contributed by atoms with van der Waals surface area (Å²) in [7, 11) is 0. The van der Waals surface area contributed by atoms with E-state index in [1.54, 1.807) is 0 Å². The van der Waals surface area contributed by atoms with Gasteiger partial charge >= 0.3 is 5.97 Å². The number of carbonyl (C=O) groups excluding carboxylic acids is 1. The van der Waals surface area contributed by atoms with E-state index in [2.05, 4.69) is 29.8 Å². The van der Waals surface area contributed by atoms with Gasteiger partial charge in [-0.2, -0.15) is 0 Å². The zero-order valence-corrected chi connectivity index (χ0v) is 24.0. The minimum Gasteiger partial charge on any atom is -0.427 e. The molecule has 0 unspecified atom stereocenters. The topological polar surface area (TPSA) is 38.7 Å². The van der Waals surface area contributed by atoms with Gasteiger partial charge in [-0.15, -0.1) is 5.73 Å². The van der Waals surface area contributed by atoms with Gasteiger partial charge < -0.3 is 4.74 Å². The van der Waals surface area contributed by atoms with E-state index in [4.69, 9.17) is 4.74 Å². The number of hydrogen-bond donors (Lipinski definition) is 0. The highest BCUT2D eigenvalue weighted by Crippen LogP contribution is 2.22. The first-order chi connectivity index (χ1) is 19.2. The quantitative estimate of drug-likeness (QED) is 0.0567. The fraction of sp³-hybridized carbons (Fsp3) is 0.472. The highest BCUT2D eigenvalue weighted by Gasteiger charge is 2.05. The van der Waals surface area contributed by atoms with Crippen LogP contribution in [0.3, 0.4) is 0 Å². The number of hydrogen-bond acceptors (Lipinski definition) is 3. The number of nitrogens with zero attached hydrogens (tertiary/aromatic N) is 1. The van der Waals surface area contributed by atoms with E-state index in [-0.39, 0.29) is 5.97 Å². The fourth-order valence-corrected chi connectivity index (χ4v) is 4.83. The molecule has 1 aliphatic carbocycles. The third kappa shape index (κ3) is 13.0. The first kappa shape index (κ1) is 30.4. The van der Waals surface area contributed by atoms with Gasteiger partial charge in [0, 0.05) is 18.2 Å². The van der Waals surface area contributed by atoms with Gasteiger partial charge in [0.15, 0.2) is 0 Å². The first-order valence-corrected chi connectivity index (χ1v) is 15.3. The van der Waals surface area contributed by atoms with Gasteiger partial charge in [0.2, 0.25) is 0 Å². The molecule has 2 aromatic carbocycles. The largest absolute Gasteiger partial charge is 0.427 e. The molecule has 1 aliphatic rings. The molecule has 0 spiro atoms. The zero-order valence-electron chi connectivity index (χ0n) is 24.0. The zero-order chi connectivity index (χ0) is 27.4. The van der Waals surface area contributed by atoms with Crippen molar-refractivity contribution in [1.82, 2.24) is 0 Å². The van der Waals surface area contributed by atoms with Gasteiger partial charge in [-0.3, -0.25) is 9.79 Å². The van der Waals surface area contributed by atoms with Crippen LogP contribution >= 0.6 is 0 Å². The van der Waals surface area contributed by atoms with E-state index in [1.807, 2.05) is 60.8 Å². The van der Waals surface area contributed by atoms with Crippen LogP contribution in [-0.2, 0) is 4.79 Å². The summed E-state index contributed by atoms with van der Waals surface area (Å²) < 4.78 is 5.51. The Labute approximate surface area is 236 Å². The lowest BCUT2D eigenvalue weighted by molar-refractivity contribution is -0.134. The first-order valence-electron chi connectivity index (χ1n) is 15.3. The molecule has 0 aliphatic heterocycles. The summed E-state index contributed by atoms with van der Waals surface area (Å²) in [5.74, 6) is 0.446. The number of benzene rings is 2. The van der Waals surface area contributed by atoms with Crippen LogP contribution in [-0.4, -0.2) is 12.2 Å². The molecule has 39 heavy (non-hydrogen) atoms. The molecule has 0 saturated heterocycles. The van der Waals surface area contributed by atoms with Gasteiger partial charge in [0.1, 0.15) is 5.75 Å².